The van der Waals surface area contributed by atoms with Crippen LogP contribution in [0.5, 0.6) is 5.75 Å². The molecule has 0 unspecified atom stereocenters. The first kappa shape index (κ1) is 14.4. The molecule has 2 nitrogen and oxygen atoms in total. The van der Waals surface area contributed by atoms with Gasteiger partial charge >= 0.3 is 6.61 Å². The van der Waals surface area contributed by atoms with Crippen LogP contribution >= 0.6 is 38.9 Å². The molecule has 1 aromatic heterocycles. The van der Waals surface area contributed by atoms with Crippen molar-refractivity contribution in [3.63, 3.8) is 0 Å². The highest BCUT2D eigenvalue weighted by Gasteiger charge is 2.14. The summed E-state index contributed by atoms with van der Waals surface area (Å²) in [7, 11) is 0. The number of carbonyl (C=O) groups excluding carboxylic acids is 1. The van der Waals surface area contributed by atoms with Crippen molar-refractivity contribution < 1.29 is 18.3 Å². The van der Waals surface area contributed by atoms with Crippen molar-refractivity contribution in [2.45, 2.75) is 6.61 Å². The summed E-state index contributed by atoms with van der Waals surface area (Å²) < 4.78 is 28.9. The van der Waals surface area contributed by atoms with E-state index in [1.54, 1.807) is 6.07 Å². The molecule has 100 valence electrons. The molecule has 0 spiro atoms. The number of ketones is 1. The molecule has 0 aliphatic rings. The summed E-state index contributed by atoms with van der Waals surface area (Å²) in [6.45, 7) is -2.88. The Kier molecular flexibility index (Phi) is 4.54. The Morgan fingerprint density at radius 2 is 1.95 bits per heavy atom. The van der Waals surface area contributed by atoms with E-state index in [0.29, 0.717) is 19.2 Å². The van der Waals surface area contributed by atoms with Gasteiger partial charge in [0, 0.05) is 5.56 Å². The van der Waals surface area contributed by atoms with E-state index < -0.39 is 6.61 Å². The second-order valence-electron chi connectivity index (χ2n) is 3.46. The Balaban J connectivity index is 2.20. The fraction of sp³-hybridized carbons (Fsp3) is 0.0833. The zero-order valence-corrected chi connectivity index (χ0v) is 12.4. The average Bonchev–Trinajstić information content (AvgIpc) is 2.69. The number of rotatable bonds is 4. The summed E-state index contributed by atoms with van der Waals surface area (Å²) in [6, 6.07) is 7.07. The predicted molar refractivity (Wildman–Crippen MR) is 73.5 cm³/mol. The molecule has 0 saturated carbocycles. The molecule has 7 heteroatoms. The third-order valence-electron chi connectivity index (χ3n) is 2.21. The first-order chi connectivity index (χ1) is 8.97. The number of hydrogen-bond donors (Lipinski definition) is 0. The van der Waals surface area contributed by atoms with E-state index >= 15 is 0 Å². The molecule has 0 fully saturated rings. The van der Waals surface area contributed by atoms with E-state index in [2.05, 4.69) is 20.7 Å². The highest BCUT2D eigenvalue weighted by Crippen LogP contribution is 2.33. The van der Waals surface area contributed by atoms with Crippen LogP contribution in [0.25, 0.3) is 0 Å². The quantitative estimate of drug-likeness (QED) is 0.711. The fourth-order valence-electron chi connectivity index (χ4n) is 1.39. The SMILES string of the molecule is O=C(c1ccc(OC(F)F)cc1)c1cc(Cl)c(Br)s1. The van der Waals surface area contributed by atoms with Gasteiger partial charge in [0.05, 0.1) is 13.7 Å². The molecular formula is C12H6BrClF2O2S. The van der Waals surface area contributed by atoms with Gasteiger partial charge in [0.2, 0.25) is 5.78 Å². The van der Waals surface area contributed by atoms with Gasteiger partial charge in [-0.3, -0.25) is 4.79 Å². The van der Waals surface area contributed by atoms with Crippen molar-refractivity contribution in [1.29, 1.82) is 0 Å². The number of benzene rings is 1. The Labute approximate surface area is 125 Å². The van der Waals surface area contributed by atoms with Crippen LogP contribution in [0.1, 0.15) is 15.2 Å². The van der Waals surface area contributed by atoms with Crippen LogP contribution in [0.4, 0.5) is 8.78 Å². The van der Waals surface area contributed by atoms with E-state index in [9.17, 15) is 13.6 Å². The Bertz CT molecular complexity index is 579. The van der Waals surface area contributed by atoms with Crippen LogP contribution in [-0.2, 0) is 0 Å². The zero-order valence-electron chi connectivity index (χ0n) is 9.20. The van der Waals surface area contributed by atoms with Crippen molar-refractivity contribution in [2.24, 2.45) is 0 Å². The van der Waals surface area contributed by atoms with Gasteiger partial charge in [-0.2, -0.15) is 8.78 Å². The molecule has 2 aromatic rings. The normalized spacial score (nSPS) is 10.8. The minimum Gasteiger partial charge on any atom is -0.435 e. The second kappa shape index (κ2) is 5.98. The summed E-state index contributed by atoms with van der Waals surface area (Å²) >= 11 is 10.3. The molecule has 0 bridgehead atoms. The second-order valence-corrected chi connectivity index (χ2v) is 6.24. The predicted octanol–water partition coefficient (Wildman–Crippen LogP) is 5.00. The summed E-state index contributed by atoms with van der Waals surface area (Å²) in [5.41, 5.74) is 0.382. The van der Waals surface area contributed by atoms with Crippen molar-refractivity contribution in [2.75, 3.05) is 0 Å². The molecule has 0 N–H and O–H groups in total. The Morgan fingerprint density at radius 1 is 1.32 bits per heavy atom. The molecule has 1 heterocycles. The lowest BCUT2D eigenvalue weighted by Gasteiger charge is -2.04. The van der Waals surface area contributed by atoms with Crippen LogP contribution in [0.2, 0.25) is 5.02 Å². The molecule has 1 aromatic carbocycles. The maximum absolute atomic E-state index is 12.1. The first-order valence-electron chi connectivity index (χ1n) is 5.02. The van der Waals surface area contributed by atoms with E-state index in [1.165, 1.54) is 35.6 Å². The highest BCUT2D eigenvalue weighted by molar-refractivity contribution is 9.11. The lowest BCUT2D eigenvalue weighted by Crippen LogP contribution is -2.03. The van der Waals surface area contributed by atoms with E-state index in [1.807, 2.05) is 0 Å². The number of halogens is 4. The fourth-order valence-corrected chi connectivity index (χ4v) is 3.05. The van der Waals surface area contributed by atoms with Crippen molar-refractivity contribution in [3.05, 3.63) is 49.6 Å². The Hall–Kier alpha value is -0.980. The lowest BCUT2D eigenvalue weighted by atomic mass is 10.1. The van der Waals surface area contributed by atoms with Crippen molar-refractivity contribution in [1.82, 2.24) is 0 Å². The van der Waals surface area contributed by atoms with Gasteiger partial charge in [0.1, 0.15) is 5.75 Å². The summed E-state index contributed by atoms with van der Waals surface area (Å²) in [6.07, 6.45) is 0. The third kappa shape index (κ3) is 3.52. The van der Waals surface area contributed by atoms with Gasteiger partial charge < -0.3 is 4.74 Å². The standard InChI is InChI=1S/C12H6BrClF2O2S/c13-11-8(14)5-9(19-11)10(17)6-1-3-7(4-2-6)18-12(15)16/h1-5,12H. The number of carbonyl (C=O) groups is 1. The van der Waals surface area contributed by atoms with Gasteiger partial charge in [-0.1, -0.05) is 11.6 Å². The molecular weight excluding hydrogens is 362 g/mol. The molecule has 0 saturated heterocycles. The number of alkyl halides is 2. The smallest absolute Gasteiger partial charge is 0.387 e. The van der Waals surface area contributed by atoms with E-state index in [4.69, 9.17) is 11.6 Å². The molecule has 0 radical (unpaired) electrons. The van der Waals surface area contributed by atoms with Crippen LogP contribution in [0.3, 0.4) is 0 Å². The summed E-state index contributed by atoms with van der Waals surface area (Å²) in [5.74, 6) is -0.210. The molecule has 19 heavy (non-hydrogen) atoms. The molecule has 0 aliphatic carbocycles. The van der Waals surface area contributed by atoms with Gasteiger partial charge in [0.15, 0.2) is 0 Å². The molecule has 0 amide bonds. The van der Waals surface area contributed by atoms with Crippen LogP contribution in [0, 0.1) is 0 Å². The minimum atomic E-state index is -2.88. The van der Waals surface area contributed by atoms with Gasteiger partial charge in [0.25, 0.3) is 0 Å². The molecule has 0 aliphatic heterocycles. The highest BCUT2D eigenvalue weighted by atomic mass is 79.9. The summed E-state index contributed by atoms with van der Waals surface area (Å²) in [5, 5.41) is 0.464. The number of hydrogen-bond acceptors (Lipinski definition) is 3. The zero-order chi connectivity index (χ0) is 14.0. The van der Waals surface area contributed by atoms with Gasteiger partial charge in [-0.25, -0.2) is 0 Å². The minimum absolute atomic E-state index is 0.0111. The third-order valence-corrected chi connectivity index (χ3v) is 4.68. The van der Waals surface area contributed by atoms with Crippen molar-refractivity contribution in [3.8, 4) is 5.75 Å². The van der Waals surface area contributed by atoms with Crippen molar-refractivity contribution >= 4 is 44.7 Å². The van der Waals surface area contributed by atoms with E-state index in [0.717, 1.165) is 0 Å². The van der Waals surface area contributed by atoms with Crippen LogP contribution < -0.4 is 4.74 Å². The maximum atomic E-state index is 12.1. The number of thiophene rings is 1. The van der Waals surface area contributed by atoms with Crippen LogP contribution in [0.15, 0.2) is 34.1 Å². The summed E-state index contributed by atoms with van der Waals surface area (Å²) in [4.78, 5) is 12.6. The number of ether oxygens (including phenoxy) is 1. The van der Waals surface area contributed by atoms with E-state index in [-0.39, 0.29) is 11.5 Å². The largest absolute Gasteiger partial charge is 0.435 e. The average molecular weight is 368 g/mol. The molecule has 2 rings (SSSR count). The molecule has 0 atom stereocenters. The monoisotopic (exact) mass is 366 g/mol. The maximum Gasteiger partial charge on any atom is 0.387 e. The first-order valence-corrected chi connectivity index (χ1v) is 7.00. The van der Waals surface area contributed by atoms with Gasteiger partial charge in [-0.05, 0) is 46.3 Å². The van der Waals surface area contributed by atoms with Crippen LogP contribution in [-0.4, -0.2) is 12.4 Å². The topological polar surface area (TPSA) is 26.3 Å². The Morgan fingerprint density at radius 3 is 2.42 bits per heavy atom. The lowest BCUT2D eigenvalue weighted by molar-refractivity contribution is -0.0498. The van der Waals surface area contributed by atoms with Gasteiger partial charge in [-0.15, -0.1) is 11.3 Å².